The first-order valence-electron chi connectivity index (χ1n) is 8.46. The van der Waals surface area contributed by atoms with Crippen molar-refractivity contribution < 1.29 is 9.53 Å². The van der Waals surface area contributed by atoms with Gasteiger partial charge >= 0.3 is 0 Å². The Morgan fingerprint density at radius 3 is 2.64 bits per heavy atom. The molecule has 0 radical (unpaired) electrons. The maximum Gasteiger partial charge on any atom is 0.276 e. The predicted molar refractivity (Wildman–Crippen MR) is 115 cm³/mol. The fraction of sp³-hybridized carbons (Fsp3) is 0.211. The number of carbonyl (C=O) groups is 1. The van der Waals surface area contributed by atoms with Crippen LogP contribution in [0.3, 0.4) is 0 Å². The van der Waals surface area contributed by atoms with Crippen LogP contribution in [0.2, 0.25) is 10.0 Å². The Morgan fingerprint density at radius 2 is 1.96 bits per heavy atom. The summed E-state index contributed by atoms with van der Waals surface area (Å²) >= 11 is 13.9. The zero-order valence-electron chi connectivity index (χ0n) is 15.3. The van der Waals surface area contributed by atoms with Gasteiger partial charge in [-0.05, 0) is 42.2 Å². The summed E-state index contributed by atoms with van der Waals surface area (Å²) in [5.74, 6) is 1.75. The second-order valence-corrected chi connectivity index (χ2v) is 7.72. The largest absolute Gasteiger partial charge is 0.497 e. The number of ether oxygens (including phenoxy) is 1. The van der Waals surface area contributed by atoms with Gasteiger partial charge in [-0.15, -0.1) is 16.9 Å². The van der Waals surface area contributed by atoms with Crippen LogP contribution in [0.1, 0.15) is 17.4 Å². The average molecular weight is 437 g/mol. The second kappa shape index (κ2) is 9.32. The minimum Gasteiger partial charge on any atom is -0.497 e. The molecule has 0 saturated heterocycles. The molecule has 3 rings (SSSR count). The van der Waals surface area contributed by atoms with E-state index in [1.54, 1.807) is 41.8 Å². The standard InChI is InChI=1S/C19H18Cl2N4O2S/c1-3-28-11-25-18(19(26)22-15-6-4-5-14(20)16(15)21)17(23-24-25)12-7-9-13(27-2)10-8-12/h4-10H,3,11H2,1-2H3,(H,22,26). The van der Waals surface area contributed by atoms with Crippen LogP contribution in [0.4, 0.5) is 5.69 Å². The van der Waals surface area contributed by atoms with E-state index in [0.717, 1.165) is 17.1 Å². The van der Waals surface area contributed by atoms with E-state index in [1.165, 1.54) is 0 Å². The number of methoxy groups -OCH3 is 1. The number of hydrogen-bond acceptors (Lipinski definition) is 5. The molecule has 9 heteroatoms. The minimum absolute atomic E-state index is 0.283. The molecular weight excluding hydrogens is 419 g/mol. The maximum atomic E-state index is 13.1. The Morgan fingerprint density at radius 1 is 1.21 bits per heavy atom. The minimum atomic E-state index is -0.364. The molecule has 0 spiro atoms. The van der Waals surface area contributed by atoms with Crippen molar-refractivity contribution in [1.29, 1.82) is 0 Å². The number of aromatic nitrogens is 3. The van der Waals surface area contributed by atoms with Gasteiger partial charge in [0.2, 0.25) is 0 Å². The van der Waals surface area contributed by atoms with Crippen molar-refractivity contribution in [3.8, 4) is 17.0 Å². The highest BCUT2D eigenvalue weighted by atomic mass is 35.5. The number of nitrogens with one attached hydrogen (secondary N) is 1. The zero-order chi connectivity index (χ0) is 20.1. The molecule has 3 aromatic rings. The lowest BCUT2D eigenvalue weighted by molar-refractivity contribution is 0.101. The van der Waals surface area contributed by atoms with Crippen LogP contribution in [0, 0.1) is 0 Å². The van der Waals surface area contributed by atoms with Crippen molar-refractivity contribution in [1.82, 2.24) is 15.0 Å². The smallest absolute Gasteiger partial charge is 0.276 e. The van der Waals surface area contributed by atoms with E-state index in [-0.39, 0.29) is 10.9 Å². The van der Waals surface area contributed by atoms with Crippen molar-refractivity contribution in [2.24, 2.45) is 0 Å². The molecule has 1 amide bonds. The van der Waals surface area contributed by atoms with Gasteiger partial charge in [0.25, 0.3) is 5.91 Å². The van der Waals surface area contributed by atoms with E-state index in [4.69, 9.17) is 27.9 Å². The average Bonchev–Trinajstić information content (AvgIpc) is 3.14. The topological polar surface area (TPSA) is 69.0 Å². The molecule has 0 unspecified atom stereocenters. The van der Waals surface area contributed by atoms with E-state index >= 15 is 0 Å². The Balaban J connectivity index is 1.99. The molecule has 0 aliphatic carbocycles. The molecule has 146 valence electrons. The summed E-state index contributed by atoms with van der Waals surface area (Å²) in [6.45, 7) is 2.04. The molecule has 0 saturated carbocycles. The number of halogens is 2. The number of benzene rings is 2. The normalized spacial score (nSPS) is 10.7. The van der Waals surface area contributed by atoms with Gasteiger partial charge in [0.05, 0.1) is 28.7 Å². The molecule has 0 aliphatic rings. The fourth-order valence-electron chi connectivity index (χ4n) is 2.53. The molecule has 1 heterocycles. The molecule has 1 N–H and O–H groups in total. The number of carbonyl (C=O) groups excluding carboxylic acids is 1. The first-order valence-corrected chi connectivity index (χ1v) is 10.4. The number of anilines is 1. The Labute approximate surface area is 177 Å². The molecule has 6 nitrogen and oxygen atoms in total. The summed E-state index contributed by atoms with van der Waals surface area (Å²) in [6, 6.07) is 12.4. The van der Waals surface area contributed by atoms with Crippen LogP contribution in [-0.2, 0) is 5.88 Å². The van der Waals surface area contributed by atoms with Crippen molar-refractivity contribution in [2.75, 3.05) is 18.2 Å². The van der Waals surface area contributed by atoms with Gasteiger partial charge in [0, 0.05) is 5.56 Å². The molecule has 1 aromatic heterocycles. The van der Waals surface area contributed by atoms with Crippen LogP contribution < -0.4 is 10.1 Å². The summed E-state index contributed by atoms with van der Waals surface area (Å²) in [5, 5.41) is 11.9. The number of amides is 1. The molecule has 0 bridgehead atoms. The van der Waals surface area contributed by atoms with Crippen LogP contribution >= 0.6 is 35.0 Å². The lowest BCUT2D eigenvalue weighted by Crippen LogP contribution is -2.18. The molecule has 0 fully saturated rings. The number of hydrogen-bond donors (Lipinski definition) is 1. The second-order valence-electron chi connectivity index (χ2n) is 5.69. The first kappa shape index (κ1) is 20.5. The van der Waals surface area contributed by atoms with Crippen LogP contribution in [0.25, 0.3) is 11.3 Å². The summed E-state index contributed by atoms with van der Waals surface area (Å²) < 4.78 is 6.78. The molecule has 0 aliphatic heterocycles. The zero-order valence-corrected chi connectivity index (χ0v) is 17.6. The van der Waals surface area contributed by atoms with E-state index in [2.05, 4.69) is 15.6 Å². The Kier molecular flexibility index (Phi) is 6.83. The lowest BCUT2D eigenvalue weighted by atomic mass is 10.1. The summed E-state index contributed by atoms with van der Waals surface area (Å²) in [5.41, 5.74) is 2.02. The third-order valence-corrected chi connectivity index (χ3v) is 5.59. The summed E-state index contributed by atoms with van der Waals surface area (Å²) in [4.78, 5) is 13.1. The van der Waals surface area contributed by atoms with Gasteiger partial charge in [-0.25, -0.2) is 4.68 Å². The first-order chi connectivity index (χ1) is 13.5. The van der Waals surface area contributed by atoms with Crippen molar-refractivity contribution in [3.05, 3.63) is 58.2 Å². The molecule has 28 heavy (non-hydrogen) atoms. The van der Waals surface area contributed by atoms with Crippen molar-refractivity contribution in [2.45, 2.75) is 12.8 Å². The highest BCUT2D eigenvalue weighted by Gasteiger charge is 2.23. The van der Waals surface area contributed by atoms with Gasteiger partial charge in [0.15, 0.2) is 5.69 Å². The SMILES string of the molecule is CCSCn1nnc(-c2ccc(OC)cc2)c1C(=O)Nc1cccc(Cl)c1Cl. The number of thioether (sulfide) groups is 1. The molecule has 2 aromatic carbocycles. The van der Waals surface area contributed by atoms with Crippen LogP contribution in [-0.4, -0.2) is 33.8 Å². The number of rotatable bonds is 7. The highest BCUT2D eigenvalue weighted by Crippen LogP contribution is 2.31. The Bertz CT molecular complexity index is 977. The van der Waals surface area contributed by atoms with E-state index in [9.17, 15) is 4.79 Å². The lowest BCUT2D eigenvalue weighted by Gasteiger charge is -2.11. The van der Waals surface area contributed by atoms with E-state index < -0.39 is 0 Å². The molecule has 0 atom stereocenters. The summed E-state index contributed by atoms with van der Waals surface area (Å²) in [7, 11) is 1.60. The highest BCUT2D eigenvalue weighted by molar-refractivity contribution is 7.98. The van der Waals surface area contributed by atoms with Gasteiger partial charge < -0.3 is 10.1 Å². The third-order valence-electron chi connectivity index (χ3n) is 3.93. The van der Waals surface area contributed by atoms with Crippen molar-refractivity contribution >= 4 is 46.6 Å². The van der Waals surface area contributed by atoms with E-state index in [0.29, 0.717) is 28.0 Å². The monoisotopic (exact) mass is 436 g/mol. The van der Waals surface area contributed by atoms with Gasteiger partial charge in [0.1, 0.15) is 11.4 Å². The van der Waals surface area contributed by atoms with Crippen LogP contribution in [0.15, 0.2) is 42.5 Å². The quantitative estimate of drug-likeness (QED) is 0.549. The number of nitrogens with zero attached hydrogens (tertiary/aromatic N) is 3. The fourth-order valence-corrected chi connectivity index (χ4v) is 3.42. The Hall–Kier alpha value is -2.22. The van der Waals surface area contributed by atoms with Crippen LogP contribution in [0.5, 0.6) is 5.75 Å². The third kappa shape index (κ3) is 4.43. The van der Waals surface area contributed by atoms with E-state index in [1.807, 2.05) is 31.2 Å². The molecular formula is C19H18Cl2N4O2S. The van der Waals surface area contributed by atoms with Gasteiger partial charge in [-0.3, -0.25) is 4.79 Å². The predicted octanol–water partition coefficient (Wildman–Crippen LogP) is 5.22. The van der Waals surface area contributed by atoms with Crippen molar-refractivity contribution in [3.63, 3.8) is 0 Å². The van der Waals surface area contributed by atoms with Gasteiger partial charge in [-0.2, -0.15) is 0 Å². The summed E-state index contributed by atoms with van der Waals surface area (Å²) in [6.07, 6.45) is 0. The maximum absolute atomic E-state index is 13.1. The van der Waals surface area contributed by atoms with Gasteiger partial charge in [-0.1, -0.05) is 41.4 Å².